The number of likely N-dealkylation sites (N-methyl/N-ethyl adjacent to an activating group) is 1. The number of nitrogens with one attached hydrogen (secondary N) is 3. The molecule has 2 atom stereocenters. The molecule has 154 valence electrons. The SMILES string of the molecule is C=C(/C=C1/C(CC2=CNC(Nc3ccc(Cl)cc3)C=C2)=CNC1N)OCC[N-]C.[K+]. The normalized spacial score (nSPS) is 21.1. The molecule has 3 rings (SSSR count). The zero-order valence-electron chi connectivity index (χ0n) is 17.5. The Kier molecular flexibility index (Phi) is 10.7. The maximum atomic E-state index is 6.18. The van der Waals surface area contributed by atoms with Gasteiger partial charge in [-0.05, 0) is 53.1 Å². The second kappa shape index (κ2) is 12.7. The van der Waals surface area contributed by atoms with Crippen LogP contribution in [0.15, 0.2) is 84.0 Å². The van der Waals surface area contributed by atoms with Crippen LogP contribution >= 0.6 is 11.6 Å². The van der Waals surface area contributed by atoms with Gasteiger partial charge in [-0.25, -0.2) is 0 Å². The molecule has 2 aliphatic heterocycles. The number of ether oxygens (including phenoxy) is 1. The van der Waals surface area contributed by atoms with Crippen LogP contribution in [0.2, 0.25) is 5.02 Å². The number of rotatable bonds is 9. The van der Waals surface area contributed by atoms with E-state index in [-0.39, 0.29) is 63.7 Å². The third-order valence-electron chi connectivity index (χ3n) is 4.57. The molecule has 0 amide bonds. The van der Waals surface area contributed by atoms with Crippen molar-refractivity contribution in [1.29, 1.82) is 0 Å². The first-order chi connectivity index (χ1) is 14.0. The van der Waals surface area contributed by atoms with Gasteiger partial charge in [0.05, 0.1) is 6.61 Å². The van der Waals surface area contributed by atoms with E-state index in [2.05, 4.69) is 40.0 Å². The zero-order chi connectivity index (χ0) is 20.6. The number of hydrogen-bond donors (Lipinski definition) is 4. The fraction of sp³-hybridized carbons (Fsp3) is 0.273. The van der Waals surface area contributed by atoms with Crippen LogP contribution < -0.4 is 73.1 Å². The largest absolute Gasteiger partial charge is 1.00 e. The molecule has 0 saturated heterocycles. The van der Waals surface area contributed by atoms with Crippen molar-refractivity contribution >= 4 is 17.3 Å². The van der Waals surface area contributed by atoms with Crippen molar-refractivity contribution in [3.05, 3.63) is 94.3 Å². The van der Waals surface area contributed by atoms with Gasteiger partial charge in [0.1, 0.15) is 18.1 Å². The standard InChI is InChI=1S/C22H27ClN5O.K/c1-15(29-10-9-25-2)11-20-17(14-27-22(20)24)12-16-3-8-21(26-13-16)28-19-6-4-18(23)5-7-19;/h3-8,11,13-14,21-22,26-28H,1,9-10,12,24H2,2H3;/q-1;+1/b20-11-;. The van der Waals surface area contributed by atoms with E-state index in [1.165, 1.54) is 0 Å². The Hall–Kier alpha value is -1.03. The van der Waals surface area contributed by atoms with Crippen molar-refractivity contribution in [2.45, 2.75) is 18.8 Å². The summed E-state index contributed by atoms with van der Waals surface area (Å²) in [5.41, 5.74) is 10.4. The number of benzene rings is 1. The Morgan fingerprint density at radius 2 is 2.07 bits per heavy atom. The number of nitrogens with zero attached hydrogens (tertiary/aromatic N) is 1. The molecule has 0 bridgehead atoms. The van der Waals surface area contributed by atoms with Gasteiger partial charge in [0.25, 0.3) is 0 Å². The first-order valence-electron chi connectivity index (χ1n) is 9.50. The third kappa shape index (κ3) is 7.58. The van der Waals surface area contributed by atoms with E-state index in [9.17, 15) is 0 Å². The number of nitrogens with two attached hydrogens (primary N) is 1. The fourth-order valence-corrected chi connectivity index (χ4v) is 3.17. The molecule has 0 aliphatic carbocycles. The van der Waals surface area contributed by atoms with E-state index in [0.29, 0.717) is 18.9 Å². The fourth-order valence-electron chi connectivity index (χ4n) is 3.05. The summed E-state index contributed by atoms with van der Waals surface area (Å²) in [4.78, 5) is 0. The van der Waals surface area contributed by atoms with Crippen molar-refractivity contribution in [3.63, 3.8) is 0 Å². The van der Waals surface area contributed by atoms with Gasteiger partial charge in [-0.1, -0.05) is 24.3 Å². The molecule has 0 spiro atoms. The van der Waals surface area contributed by atoms with Crippen LogP contribution in [0.3, 0.4) is 0 Å². The van der Waals surface area contributed by atoms with E-state index in [4.69, 9.17) is 22.1 Å². The summed E-state index contributed by atoms with van der Waals surface area (Å²) in [6, 6.07) is 7.63. The summed E-state index contributed by atoms with van der Waals surface area (Å²) < 4.78 is 5.58. The monoisotopic (exact) mass is 451 g/mol. The molecule has 0 saturated carbocycles. The molecule has 2 heterocycles. The third-order valence-corrected chi connectivity index (χ3v) is 4.83. The van der Waals surface area contributed by atoms with Crippen LogP contribution in [-0.2, 0) is 4.74 Å². The summed E-state index contributed by atoms with van der Waals surface area (Å²) in [6.07, 6.45) is 10.6. The van der Waals surface area contributed by atoms with Gasteiger partial charge in [0.15, 0.2) is 0 Å². The van der Waals surface area contributed by atoms with Gasteiger partial charge in [-0.2, -0.15) is 7.05 Å². The molecular formula is C22H27ClKN5O. The first kappa shape index (κ1) is 25.2. The van der Waals surface area contributed by atoms with Crippen LogP contribution in [0.1, 0.15) is 6.42 Å². The summed E-state index contributed by atoms with van der Waals surface area (Å²) in [5.74, 6) is 0.590. The maximum absolute atomic E-state index is 6.18. The van der Waals surface area contributed by atoms with Gasteiger partial charge in [0, 0.05) is 29.5 Å². The van der Waals surface area contributed by atoms with Crippen LogP contribution in [0.25, 0.3) is 5.32 Å². The number of allylic oxidation sites excluding steroid dienone is 3. The van der Waals surface area contributed by atoms with Crippen molar-refractivity contribution in [3.8, 4) is 0 Å². The minimum absolute atomic E-state index is 0. The Bertz CT molecular complexity index is 848. The summed E-state index contributed by atoms with van der Waals surface area (Å²) in [6.45, 7) is 5.11. The second-order valence-electron chi connectivity index (χ2n) is 6.82. The minimum Gasteiger partial charge on any atom is -0.662 e. The Morgan fingerprint density at radius 1 is 1.30 bits per heavy atom. The van der Waals surface area contributed by atoms with Crippen molar-refractivity contribution in [2.75, 3.05) is 25.5 Å². The van der Waals surface area contributed by atoms with Crippen LogP contribution in [0.4, 0.5) is 5.69 Å². The maximum Gasteiger partial charge on any atom is 1.00 e. The molecule has 8 heteroatoms. The average molecular weight is 452 g/mol. The molecule has 0 radical (unpaired) electrons. The predicted molar refractivity (Wildman–Crippen MR) is 120 cm³/mol. The van der Waals surface area contributed by atoms with Gasteiger partial charge in [-0.15, -0.1) is 6.54 Å². The second-order valence-corrected chi connectivity index (χ2v) is 7.26. The van der Waals surface area contributed by atoms with E-state index >= 15 is 0 Å². The molecule has 30 heavy (non-hydrogen) atoms. The van der Waals surface area contributed by atoms with Crippen LogP contribution in [-0.4, -0.2) is 32.5 Å². The molecule has 0 aromatic heterocycles. The number of anilines is 1. The van der Waals surface area contributed by atoms with Gasteiger partial charge < -0.3 is 31.7 Å². The first-order valence-corrected chi connectivity index (χ1v) is 9.88. The summed E-state index contributed by atoms with van der Waals surface area (Å²) in [5, 5.41) is 14.7. The predicted octanol–water partition coefficient (Wildman–Crippen LogP) is 0.748. The molecule has 6 nitrogen and oxygen atoms in total. The smallest absolute Gasteiger partial charge is 0.662 e. The Balaban J connectivity index is 0.00000320. The molecule has 5 N–H and O–H groups in total. The van der Waals surface area contributed by atoms with E-state index in [1.54, 1.807) is 7.05 Å². The summed E-state index contributed by atoms with van der Waals surface area (Å²) in [7, 11) is 1.76. The minimum atomic E-state index is -0.262. The molecule has 1 aromatic carbocycles. The molecule has 1 aromatic rings. The quantitative estimate of drug-likeness (QED) is 0.253. The van der Waals surface area contributed by atoms with E-state index in [0.717, 1.165) is 33.9 Å². The van der Waals surface area contributed by atoms with E-state index < -0.39 is 0 Å². The van der Waals surface area contributed by atoms with Crippen molar-refractivity contribution in [2.24, 2.45) is 5.73 Å². The van der Waals surface area contributed by atoms with Crippen LogP contribution in [0, 0.1) is 0 Å². The average Bonchev–Trinajstić information content (AvgIpc) is 3.05. The molecular weight excluding hydrogens is 425 g/mol. The summed E-state index contributed by atoms with van der Waals surface area (Å²) >= 11 is 5.93. The number of halogens is 1. The molecule has 2 aliphatic rings. The molecule has 0 fully saturated rings. The Labute approximate surface area is 226 Å². The van der Waals surface area contributed by atoms with Crippen molar-refractivity contribution < 1.29 is 56.1 Å². The Morgan fingerprint density at radius 3 is 2.73 bits per heavy atom. The van der Waals surface area contributed by atoms with Gasteiger partial charge in [-0.3, -0.25) is 0 Å². The topological polar surface area (TPSA) is 85.4 Å². The zero-order valence-corrected chi connectivity index (χ0v) is 21.4. The molecule has 2 unspecified atom stereocenters. The van der Waals surface area contributed by atoms with Gasteiger partial charge in [0.2, 0.25) is 0 Å². The number of hydrogen-bond acceptors (Lipinski definition) is 5. The van der Waals surface area contributed by atoms with Crippen LogP contribution in [0.5, 0.6) is 0 Å². The van der Waals surface area contributed by atoms with E-state index in [1.807, 2.05) is 42.7 Å². The van der Waals surface area contributed by atoms with Gasteiger partial charge >= 0.3 is 51.4 Å². The van der Waals surface area contributed by atoms with Crippen molar-refractivity contribution in [1.82, 2.24) is 10.6 Å². The number of dihydropyridines is 1.